The van der Waals surface area contributed by atoms with Gasteiger partial charge in [-0.15, -0.1) is 0 Å². The molecule has 19 heavy (non-hydrogen) atoms. The fraction of sp³-hybridized carbons (Fsp3) is 0.500. The maximum Gasteiger partial charge on any atom is 0.255 e. The Hall–Kier alpha value is -1.59. The normalized spacial score (nSPS) is 11.9. The van der Waals surface area contributed by atoms with Crippen LogP contribution in [0.25, 0.3) is 0 Å². The van der Waals surface area contributed by atoms with Crippen LogP contribution in [0.4, 0.5) is 0 Å². The van der Waals surface area contributed by atoms with E-state index in [0.29, 0.717) is 31.1 Å². The lowest BCUT2D eigenvalue weighted by atomic mass is 10.2. The van der Waals surface area contributed by atoms with Gasteiger partial charge in [-0.1, -0.05) is 12.1 Å². The highest BCUT2D eigenvalue weighted by atomic mass is 16.5. The van der Waals surface area contributed by atoms with Crippen molar-refractivity contribution in [2.45, 2.75) is 13.0 Å². The molecule has 1 rings (SSSR count). The van der Waals surface area contributed by atoms with Crippen LogP contribution in [0.3, 0.4) is 0 Å². The molecule has 0 aliphatic rings. The molecule has 0 heterocycles. The number of benzene rings is 1. The number of likely N-dealkylation sites (N-methyl/N-ethyl adjacent to an activating group) is 1. The van der Waals surface area contributed by atoms with Crippen LogP contribution in [0.5, 0.6) is 5.75 Å². The van der Waals surface area contributed by atoms with E-state index in [1.54, 1.807) is 19.2 Å². The van der Waals surface area contributed by atoms with E-state index in [-0.39, 0.29) is 11.9 Å². The Morgan fingerprint density at radius 1 is 1.32 bits per heavy atom. The van der Waals surface area contributed by atoms with E-state index in [1.165, 1.54) is 0 Å². The highest BCUT2D eigenvalue weighted by Crippen LogP contribution is 2.17. The molecule has 1 aromatic rings. The Morgan fingerprint density at radius 3 is 2.74 bits per heavy atom. The molecule has 5 nitrogen and oxygen atoms in total. The molecule has 0 aliphatic heterocycles. The predicted molar refractivity (Wildman–Crippen MR) is 74.7 cm³/mol. The van der Waals surface area contributed by atoms with Crippen LogP contribution in [0.1, 0.15) is 17.3 Å². The molecule has 5 heteroatoms. The second kappa shape index (κ2) is 8.50. The molecule has 106 valence electrons. The first-order valence-electron chi connectivity index (χ1n) is 6.35. The summed E-state index contributed by atoms with van der Waals surface area (Å²) in [6.07, 6.45) is 0. The van der Waals surface area contributed by atoms with Crippen LogP contribution in [-0.4, -0.2) is 45.9 Å². The van der Waals surface area contributed by atoms with Crippen molar-refractivity contribution in [2.75, 3.05) is 33.9 Å². The molecule has 0 spiro atoms. The summed E-state index contributed by atoms with van der Waals surface area (Å²) >= 11 is 0. The number of hydrogen-bond donors (Lipinski definition) is 2. The van der Waals surface area contributed by atoms with Gasteiger partial charge in [0.05, 0.1) is 12.2 Å². The summed E-state index contributed by atoms with van der Waals surface area (Å²) in [5.41, 5.74) is 0.543. The lowest BCUT2D eigenvalue weighted by Gasteiger charge is -2.14. The van der Waals surface area contributed by atoms with Crippen molar-refractivity contribution in [1.82, 2.24) is 10.6 Å². The summed E-state index contributed by atoms with van der Waals surface area (Å²) in [6.45, 7) is 3.49. The Labute approximate surface area is 114 Å². The van der Waals surface area contributed by atoms with Gasteiger partial charge in [0.2, 0.25) is 0 Å². The summed E-state index contributed by atoms with van der Waals surface area (Å²) in [6, 6.07) is 7.42. The van der Waals surface area contributed by atoms with Gasteiger partial charge < -0.3 is 20.1 Å². The van der Waals surface area contributed by atoms with Gasteiger partial charge in [0, 0.05) is 19.7 Å². The second-order valence-corrected chi connectivity index (χ2v) is 4.24. The molecular formula is C14H22N2O3. The van der Waals surface area contributed by atoms with Crippen molar-refractivity contribution in [3.8, 4) is 5.75 Å². The largest absolute Gasteiger partial charge is 0.490 e. The molecule has 0 fully saturated rings. The van der Waals surface area contributed by atoms with E-state index in [0.717, 1.165) is 0 Å². The van der Waals surface area contributed by atoms with Gasteiger partial charge >= 0.3 is 0 Å². The first-order chi connectivity index (χ1) is 9.19. The second-order valence-electron chi connectivity index (χ2n) is 4.24. The zero-order valence-corrected chi connectivity index (χ0v) is 11.7. The SMILES string of the molecule is CNC(C)CNC(=O)c1ccccc1OCCOC. The average molecular weight is 266 g/mol. The first-order valence-corrected chi connectivity index (χ1v) is 6.35. The number of carbonyl (C=O) groups excluding carboxylic acids is 1. The van der Waals surface area contributed by atoms with Crippen LogP contribution in [-0.2, 0) is 4.74 Å². The van der Waals surface area contributed by atoms with E-state index in [2.05, 4.69) is 10.6 Å². The zero-order valence-electron chi connectivity index (χ0n) is 11.7. The van der Waals surface area contributed by atoms with Crippen molar-refractivity contribution >= 4 is 5.91 Å². The fourth-order valence-electron chi connectivity index (χ4n) is 1.46. The number of rotatable bonds is 8. The zero-order chi connectivity index (χ0) is 14.1. The minimum atomic E-state index is -0.130. The first kappa shape index (κ1) is 15.5. The summed E-state index contributed by atoms with van der Waals surface area (Å²) < 4.78 is 10.5. The van der Waals surface area contributed by atoms with Gasteiger partial charge in [0.25, 0.3) is 5.91 Å². The fourth-order valence-corrected chi connectivity index (χ4v) is 1.46. The smallest absolute Gasteiger partial charge is 0.255 e. The van der Waals surface area contributed by atoms with Gasteiger partial charge in [-0.3, -0.25) is 4.79 Å². The van der Waals surface area contributed by atoms with Crippen LogP contribution in [0.15, 0.2) is 24.3 Å². The predicted octanol–water partition coefficient (Wildman–Crippen LogP) is 1.05. The summed E-state index contributed by atoms with van der Waals surface area (Å²) in [7, 11) is 3.47. The van der Waals surface area contributed by atoms with Gasteiger partial charge in [0.15, 0.2) is 0 Å². The van der Waals surface area contributed by atoms with Crippen molar-refractivity contribution < 1.29 is 14.3 Å². The van der Waals surface area contributed by atoms with Crippen molar-refractivity contribution in [3.05, 3.63) is 29.8 Å². The summed E-state index contributed by atoms with van der Waals surface area (Å²) in [5, 5.41) is 5.93. The molecule has 0 saturated heterocycles. The monoisotopic (exact) mass is 266 g/mol. The van der Waals surface area contributed by atoms with Crippen LogP contribution >= 0.6 is 0 Å². The number of ether oxygens (including phenoxy) is 2. The molecule has 0 saturated carbocycles. The van der Waals surface area contributed by atoms with E-state index >= 15 is 0 Å². The van der Waals surface area contributed by atoms with E-state index in [4.69, 9.17) is 9.47 Å². The van der Waals surface area contributed by atoms with Crippen molar-refractivity contribution in [1.29, 1.82) is 0 Å². The molecule has 1 atom stereocenters. The minimum absolute atomic E-state index is 0.130. The summed E-state index contributed by atoms with van der Waals surface area (Å²) in [5.74, 6) is 0.448. The van der Waals surface area contributed by atoms with Crippen molar-refractivity contribution in [2.24, 2.45) is 0 Å². The quantitative estimate of drug-likeness (QED) is 0.691. The van der Waals surface area contributed by atoms with Gasteiger partial charge in [0.1, 0.15) is 12.4 Å². The highest BCUT2D eigenvalue weighted by Gasteiger charge is 2.12. The van der Waals surface area contributed by atoms with E-state index in [9.17, 15) is 4.79 Å². The van der Waals surface area contributed by atoms with Crippen molar-refractivity contribution in [3.63, 3.8) is 0 Å². The number of nitrogens with one attached hydrogen (secondary N) is 2. The van der Waals surface area contributed by atoms with Crippen LogP contribution in [0.2, 0.25) is 0 Å². The topological polar surface area (TPSA) is 59.6 Å². The molecule has 1 aromatic carbocycles. The Kier molecular flexibility index (Phi) is 6.92. The lowest BCUT2D eigenvalue weighted by Crippen LogP contribution is -2.37. The minimum Gasteiger partial charge on any atom is -0.490 e. The third-order valence-electron chi connectivity index (χ3n) is 2.74. The summed E-state index contributed by atoms with van der Waals surface area (Å²) in [4.78, 5) is 12.1. The van der Waals surface area contributed by atoms with Crippen LogP contribution < -0.4 is 15.4 Å². The van der Waals surface area contributed by atoms with Gasteiger partial charge in [-0.05, 0) is 26.1 Å². The third-order valence-corrected chi connectivity index (χ3v) is 2.74. The lowest BCUT2D eigenvalue weighted by molar-refractivity contribution is 0.0943. The van der Waals surface area contributed by atoms with E-state index < -0.39 is 0 Å². The maximum absolute atomic E-state index is 12.1. The van der Waals surface area contributed by atoms with E-state index in [1.807, 2.05) is 26.1 Å². The van der Waals surface area contributed by atoms with Crippen LogP contribution in [0, 0.1) is 0 Å². The number of carbonyl (C=O) groups is 1. The third kappa shape index (κ3) is 5.28. The molecule has 0 radical (unpaired) electrons. The molecular weight excluding hydrogens is 244 g/mol. The molecule has 1 unspecified atom stereocenters. The Balaban J connectivity index is 2.62. The standard InChI is InChI=1S/C14H22N2O3/c1-11(15-2)10-16-14(17)12-6-4-5-7-13(12)19-9-8-18-3/h4-7,11,15H,8-10H2,1-3H3,(H,16,17). The molecule has 0 bridgehead atoms. The average Bonchev–Trinajstić information content (AvgIpc) is 2.45. The molecule has 2 N–H and O–H groups in total. The Bertz CT molecular complexity index is 396. The Morgan fingerprint density at radius 2 is 2.05 bits per heavy atom. The maximum atomic E-state index is 12.1. The molecule has 0 aromatic heterocycles. The molecule has 1 amide bonds. The number of methoxy groups -OCH3 is 1. The van der Waals surface area contributed by atoms with Gasteiger partial charge in [-0.25, -0.2) is 0 Å². The number of hydrogen-bond acceptors (Lipinski definition) is 4. The van der Waals surface area contributed by atoms with Gasteiger partial charge in [-0.2, -0.15) is 0 Å². The number of amides is 1. The number of para-hydroxylation sites is 1. The molecule has 0 aliphatic carbocycles. The highest BCUT2D eigenvalue weighted by molar-refractivity contribution is 5.96.